The SMILES string of the molecule is Cc1cc(C)cc(CC(CN)Cc2ccccc2C)c1. The Balaban J connectivity index is 2.11. The molecule has 106 valence electrons. The van der Waals surface area contributed by atoms with Gasteiger partial charge in [-0.2, -0.15) is 0 Å². The van der Waals surface area contributed by atoms with Gasteiger partial charge in [-0.25, -0.2) is 0 Å². The molecule has 1 atom stereocenters. The van der Waals surface area contributed by atoms with Gasteiger partial charge in [0.1, 0.15) is 0 Å². The second-order valence-corrected chi connectivity index (χ2v) is 5.93. The van der Waals surface area contributed by atoms with Crippen LogP contribution in [0.3, 0.4) is 0 Å². The lowest BCUT2D eigenvalue weighted by atomic mass is 9.90. The van der Waals surface area contributed by atoms with Crippen molar-refractivity contribution in [2.75, 3.05) is 6.54 Å². The van der Waals surface area contributed by atoms with Crippen LogP contribution < -0.4 is 5.73 Å². The summed E-state index contributed by atoms with van der Waals surface area (Å²) in [6.07, 6.45) is 2.13. The lowest BCUT2D eigenvalue weighted by Crippen LogP contribution is -2.20. The van der Waals surface area contributed by atoms with Gasteiger partial charge in [-0.15, -0.1) is 0 Å². The zero-order valence-corrected chi connectivity index (χ0v) is 12.8. The summed E-state index contributed by atoms with van der Waals surface area (Å²) in [5.74, 6) is 0.511. The number of hydrogen-bond acceptors (Lipinski definition) is 1. The summed E-state index contributed by atoms with van der Waals surface area (Å²) in [5.41, 5.74) is 12.9. The van der Waals surface area contributed by atoms with Gasteiger partial charge in [-0.1, -0.05) is 53.6 Å². The van der Waals surface area contributed by atoms with Crippen LogP contribution in [0.4, 0.5) is 0 Å². The van der Waals surface area contributed by atoms with Crippen molar-refractivity contribution < 1.29 is 0 Å². The molecule has 0 spiro atoms. The molecule has 0 aromatic heterocycles. The van der Waals surface area contributed by atoms with E-state index in [4.69, 9.17) is 5.73 Å². The van der Waals surface area contributed by atoms with Crippen molar-refractivity contribution in [2.45, 2.75) is 33.6 Å². The van der Waals surface area contributed by atoms with E-state index in [2.05, 4.69) is 63.2 Å². The Morgan fingerprint density at radius 1 is 0.900 bits per heavy atom. The molecule has 0 saturated heterocycles. The standard InChI is InChI=1S/C19H25N/c1-14-8-15(2)10-17(9-14)11-18(13-20)12-19-7-5-4-6-16(19)3/h4-10,18H,11-13,20H2,1-3H3. The Bertz CT molecular complexity index is 551. The van der Waals surface area contributed by atoms with E-state index in [-0.39, 0.29) is 0 Å². The third-order valence-electron chi connectivity index (χ3n) is 3.91. The highest BCUT2D eigenvalue weighted by atomic mass is 14.5. The second kappa shape index (κ2) is 6.71. The molecule has 0 bridgehead atoms. The fraction of sp³-hybridized carbons (Fsp3) is 0.368. The average Bonchev–Trinajstić information content (AvgIpc) is 2.39. The molecule has 2 rings (SSSR count). The first-order valence-electron chi connectivity index (χ1n) is 7.40. The van der Waals surface area contributed by atoms with Gasteiger partial charge in [0.2, 0.25) is 0 Å². The number of hydrogen-bond donors (Lipinski definition) is 1. The molecule has 1 heteroatoms. The molecule has 0 radical (unpaired) electrons. The maximum Gasteiger partial charge on any atom is -0.00425 e. The first-order chi connectivity index (χ1) is 9.58. The summed E-state index contributed by atoms with van der Waals surface area (Å²) in [6, 6.07) is 15.4. The van der Waals surface area contributed by atoms with Crippen molar-refractivity contribution in [3.05, 3.63) is 70.3 Å². The second-order valence-electron chi connectivity index (χ2n) is 5.93. The third-order valence-corrected chi connectivity index (χ3v) is 3.91. The van der Waals surface area contributed by atoms with E-state index >= 15 is 0 Å². The molecule has 2 aromatic carbocycles. The van der Waals surface area contributed by atoms with E-state index < -0.39 is 0 Å². The number of aryl methyl sites for hydroxylation is 3. The van der Waals surface area contributed by atoms with Crippen LogP contribution in [-0.2, 0) is 12.8 Å². The Hall–Kier alpha value is -1.60. The molecular formula is C19H25N. The Morgan fingerprint density at radius 3 is 2.15 bits per heavy atom. The summed E-state index contributed by atoms with van der Waals surface area (Å²) < 4.78 is 0. The maximum absolute atomic E-state index is 5.99. The van der Waals surface area contributed by atoms with Crippen LogP contribution in [-0.4, -0.2) is 6.54 Å². The lowest BCUT2D eigenvalue weighted by molar-refractivity contribution is 0.532. The minimum atomic E-state index is 0.511. The van der Waals surface area contributed by atoms with Crippen molar-refractivity contribution in [3.8, 4) is 0 Å². The average molecular weight is 267 g/mol. The first kappa shape index (κ1) is 14.8. The van der Waals surface area contributed by atoms with E-state index in [0.717, 1.165) is 19.4 Å². The van der Waals surface area contributed by atoms with Gasteiger partial charge < -0.3 is 5.73 Å². The normalized spacial score (nSPS) is 12.4. The van der Waals surface area contributed by atoms with E-state index in [1.54, 1.807) is 0 Å². The predicted molar refractivity (Wildman–Crippen MR) is 87.0 cm³/mol. The summed E-state index contributed by atoms with van der Waals surface area (Å²) in [6.45, 7) is 7.24. The highest BCUT2D eigenvalue weighted by Crippen LogP contribution is 2.18. The number of benzene rings is 2. The summed E-state index contributed by atoms with van der Waals surface area (Å²) >= 11 is 0. The molecule has 0 aliphatic rings. The first-order valence-corrected chi connectivity index (χ1v) is 7.40. The lowest BCUT2D eigenvalue weighted by Gasteiger charge is -2.17. The Labute approximate surface area is 122 Å². The largest absolute Gasteiger partial charge is 0.330 e. The highest BCUT2D eigenvalue weighted by molar-refractivity contribution is 5.30. The molecule has 0 amide bonds. The van der Waals surface area contributed by atoms with Crippen molar-refractivity contribution in [1.82, 2.24) is 0 Å². The molecule has 1 nitrogen and oxygen atoms in total. The van der Waals surface area contributed by atoms with Gasteiger partial charge in [0.05, 0.1) is 0 Å². The van der Waals surface area contributed by atoms with Crippen LogP contribution in [0.2, 0.25) is 0 Å². The summed E-state index contributed by atoms with van der Waals surface area (Å²) in [5, 5.41) is 0. The predicted octanol–water partition coefficient (Wildman–Crippen LogP) is 3.97. The van der Waals surface area contributed by atoms with Gasteiger partial charge in [0.25, 0.3) is 0 Å². The summed E-state index contributed by atoms with van der Waals surface area (Å²) in [4.78, 5) is 0. The molecule has 0 aliphatic heterocycles. The third kappa shape index (κ3) is 3.94. The van der Waals surface area contributed by atoms with E-state index in [1.807, 2.05) is 0 Å². The van der Waals surface area contributed by atoms with Crippen LogP contribution in [0.25, 0.3) is 0 Å². The van der Waals surface area contributed by atoms with Gasteiger partial charge in [-0.05, 0) is 62.8 Å². The topological polar surface area (TPSA) is 26.0 Å². The zero-order valence-electron chi connectivity index (χ0n) is 12.8. The zero-order chi connectivity index (χ0) is 14.5. The molecule has 0 fully saturated rings. The number of rotatable bonds is 5. The van der Waals surface area contributed by atoms with Crippen molar-refractivity contribution >= 4 is 0 Å². The Morgan fingerprint density at radius 2 is 1.55 bits per heavy atom. The van der Waals surface area contributed by atoms with Crippen molar-refractivity contribution in [3.63, 3.8) is 0 Å². The van der Waals surface area contributed by atoms with Crippen molar-refractivity contribution in [1.29, 1.82) is 0 Å². The molecule has 20 heavy (non-hydrogen) atoms. The van der Waals surface area contributed by atoms with Crippen LogP contribution >= 0.6 is 0 Å². The minimum Gasteiger partial charge on any atom is -0.330 e. The van der Waals surface area contributed by atoms with E-state index in [0.29, 0.717) is 5.92 Å². The minimum absolute atomic E-state index is 0.511. The quantitative estimate of drug-likeness (QED) is 0.871. The fourth-order valence-electron chi connectivity index (χ4n) is 2.91. The highest BCUT2D eigenvalue weighted by Gasteiger charge is 2.11. The van der Waals surface area contributed by atoms with Crippen LogP contribution in [0.5, 0.6) is 0 Å². The van der Waals surface area contributed by atoms with E-state index in [1.165, 1.54) is 27.8 Å². The smallest absolute Gasteiger partial charge is 0.00425 e. The van der Waals surface area contributed by atoms with Gasteiger partial charge in [0.15, 0.2) is 0 Å². The molecule has 2 N–H and O–H groups in total. The van der Waals surface area contributed by atoms with Gasteiger partial charge in [-0.3, -0.25) is 0 Å². The molecule has 0 saturated carbocycles. The fourth-order valence-corrected chi connectivity index (χ4v) is 2.91. The monoisotopic (exact) mass is 267 g/mol. The maximum atomic E-state index is 5.99. The van der Waals surface area contributed by atoms with Crippen LogP contribution in [0, 0.1) is 26.7 Å². The van der Waals surface area contributed by atoms with Gasteiger partial charge in [0, 0.05) is 0 Å². The van der Waals surface area contributed by atoms with Crippen LogP contribution in [0.1, 0.15) is 27.8 Å². The molecule has 2 aromatic rings. The number of nitrogens with two attached hydrogens (primary N) is 1. The van der Waals surface area contributed by atoms with Crippen LogP contribution in [0.15, 0.2) is 42.5 Å². The molecule has 0 heterocycles. The molecular weight excluding hydrogens is 242 g/mol. The molecule has 0 aliphatic carbocycles. The molecule has 1 unspecified atom stereocenters. The van der Waals surface area contributed by atoms with Crippen molar-refractivity contribution in [2.24, 2.45) is 11.7 Å². The summed E-state index contributed by atoms with van der Waals surface area (Å²) in [7, 11) is 0. The Kier molecular flexibility index (Phi) is 4.97. The van der Waals surface area contributed by atoms with Gasteiger partial charge >= 0.3 is 0 Å². The van der Waals surface area contributed by atoms with E-state index in [9.17, 15) is 0 Å².